The molecule has 0 aliphatic heterocycles. The summed E-state index contributed by atoms with van der Waals surface area (Å²) in [5.41, 5.74) is 6.36. The van der Waals surface area contributed by atoms with Crippen LogP contribution in [0.15, 0.2) is 154 Å². The summed E-state index contributed by atoms with van der Waals surface area (Å²) in [7, 11) is 0. The monoisotopic (exact) mass is 960 g/mol. The van der Waals surface area contributed by atoms with Gasteiger partial charge >= 0.3 is 19.5 Å². The molecule has 0 aliphatic carbocycles. The first kappa shape index (κ1) is 56.8. The molecular weight excluding hydrogens is 908 g/mol. The van der Waals surface area contributed by atoms with Crippen molar-refractivity contribution in [2.75, 3.05) is 49.2 Å². The van der Waals surface area contributed by atoms with Crippen LogP contribution in [-0.2, 0) is 45.7 Å². The Morgan fingerprint density at radius 3 is 1.08 bits per heavy atom. The van der Waals surface area contributed by atoms with Gasteiger partial charge in [0.2, 0.25) is 11.6 Å². The number of halogens is 4. The zero-order valence-corrected chi connectivity index (χ0v) is 41.3. The maximum atomic E-state index is 9.35. The van der Waals surface area contributed by atoms with Crippen LogP contribution in [0, 0.1) is 0 Å². The summed E-state index contributed by atoms with van der Waals surface area (Å²) in [5.74, 6) is 1.51. The second-order valence-electron chi connectivity index (χ2n) is 13.0. The molecule has 324 valence electrons. The molecule has 0 saturated carbocycles. The number of nitrogens with zero attached hydrogens (tertiary/aromatic N) is 10. The number of azo groups is 2. The second kappa shape index (κ2) is 30.8. The van der Waals surface area contributed by atoms with E-state index in [0.29, 0.717) is 26.2 Å². The Morgan fingerprint density at radius 1 is 0.459 bits per heavy atom. The van der Waals surface area contributed by atoms with Crippen molar-refractivity contribution in [2.24, 2.45) is 20.5 Å². The molecular formula is C44H56Cl4N10O2Zn. The van der Waals surface area contributed by atoms with Gasteiger partial charge in [0.05, 0.1) is 23.5 Å². The smallest absolute Gasteiger partial charge is 1.00 e. The van der Waals surface area contributed by atoms with E-state index in [-0.39, 0.29) is 82.3 Å². The van der Waals surface area contributed by atoms with Crippen LogP contribution < -0.4 is 68.8 Å². The molecule has 4 aromatic carbocycles. The van der Waals surface area contributed by atoms with Crippen molar-refractivity contribution in [1.29, 1.82) is 0 Å². The van der Waals surface area contributed by atoms with Gasteiger partial charge in [-0.1, -0.05) is 60.7 Å². The average Bonchev–Trinajstić information content (AvgIpc) is 3.81. The molecule has 12 nitrogen and oxygen atoms in total. The molecule has 0 saturated heterocycles. The van der Waals surface area contributed by atoms with Crippen molar-refractivity contribution >= 4 is 34.4 Å². The molecule has 61 heavy (non-hydrogen) atoms. The molecule has 2 aromatic heterocycles. The Morgan fingerprint density at radius 2 is 0.787 bits per heavy atom. The van der Waals surface area contributed by atoms with E-state index < -0.39 is 0 Å². The first-order chi connectivity index (χ1) is 27.5. The van der Waals surface area contributed by atoms with E-state index in [1.165, 1.54) is 22.5 Å². The molecule has 0 fully saturated rings. The van der Waals surface area contributed by atoms with E-state index in [1.54, 1.807) is 0 Å². The summed E-state index contributed by atoms with van der Waals surface area (Å²) in [6.45, 7) is 15.1. The van der Waals surface area contributed by atoms with Gasteiger partial charge in [-0.25, -0.2) is 0 Å². The van der Waals surface area contributed by atoms with E-state index in [0.717, 1.165) is 49.2 Å². The molecule has 0 amide bonds. The molecule has 2 heterocycles. The van der Waals surface area contributed by atoms with Crippen molar-refractivity contribution in [3.8, 4) is 0 Å². The zero-order valence-electron chi connectivity index (χ0n) is 35.4. The predicted molar refractivity (Wildman–Crippen MR) is 223 cm³/mol. The number of aliphatic hydroxyl groups excluding tert-OH is 2. The van der Waals surface area contributed by atoms with Crippen molar-refractivity contribution < 1.29 is 88.7 Å². The molecule has 0 unspecified atom stereocenters. The number of rotatable bonds is 18. The summed E-state index contributed by atoms with van der Waals surface area (Å²) < 4.78 is 7.98. The minimum Gasteiger partial charge on any atom is -1.00 e. The van der Waals surface area contributed by atoms with E-state index in [2.05, 4.69) is 106 Å². The van der Waals surface area contributed by atoms with Gasteiger partial charge < -0.3 is 69.6 Å². The van der Waals surface area contributed by atoms with Gasteiger partial charge in [-0.05, 0) is 87.4 Å². The van der Waals surface area contributed by atoms with Gasteiger partial charge in [0.25, 0.3) is 0 Å². The Hall–Kier alpha value is -4.20. The maximum absolute atomic E-state index is 9.35. The SMILES string of the molecule is CCN(CC)c1ccc(N=Nc2cc[n+](CCO)n2Cc2ccccc2)cc1.CCN(CC)c1ccc(N=Nc2cc[n+](CCO)n2Cc2ccccc2)cc1.[Cl-].[Cl-].[Cl-].[Cl-].[Zn+2]. The van der Waals surface area contributed by atoms with E-state index in [4.69, 9.17) is 0 Å². The van der Waals surface area contributed by atoms with Crippen LogP contribution in [0.1, 0.15) is 38.8 Å². The van der Waals surface area contributed by atoms with Gasteiger partial charge in [-0.15, -0.1) is 39.2 Å². The largest absolute Gasteiger partial charge is 2.00 e. The number of benzene rings is 4. The Balaban J connectivity index is 0.00000109. The van der Waals surface area contributed by atoms with Crippen LogP contribution in [0.4, 0.5) is 34.4 Å². The number of aliphatic hydroxyl groups is 2. The van der Waals surface area contributed by atoms with Crippen LogP contribution in [0.25, 0.3) is 0 Å². The molecule has 6 rings (SSSR count). The van der Waals surface area contributed by atoms with Crippen LogP contribution >= 0.6 is 0 Å². The van der Waals surface area contributed by atoms with Crippen LogP contribution in [0.2, 0.25) is 0 Å². The quantitative estimate of drug-likeness (QED) is 0.0523. The van der Waals surface area contributed by atoms with Gasteiger partial charge in [0, 0.05) is 37.6 Å². The Bertz CT molecular complexity index is 1950. The molecule has 2 N–H and O–H groups in total. The van der Waals surface area contributed by atoms with E-state index in [1.807, 2.05) is 104 Å². The Kier molecular flexibility index (Phi) is 28.7. The molecule has 0 atom stereocenters. The number of hydrogen-bond donors (Lipinski definition) is 2. The van der Waals surface area contributed by atoms with Crippen molar-refractivity contribution in [2.45, 2.75) is 53.9 Å². The molecule has 0 bridgehead atoms. The van der Waals surface area contributed by atoms with Crippen molar-refractivity contribution in [1.82, 2.24) is 9.36 Å². The second-order valence-corrected chi connectivity index (χ2v) is 13.0. The van der Waals surface area contributed by atoms with Crippen molar-refractivity contribution in [3.63, 3.8) is 0 Å². The molecule has 0 spiro atoms. The van der Waals surface area contributed by atoms with Gasteiger partial charge in [0.1, 0.15) is 26.3 Å². The third kappa shape index (κ3) is 16.9. The summed E-state index contributed by atoms with van der Waals surface area (Å²) in [4.78, 5) is 4.59. The summed E-state index contributed by atoms with van der Waals surface area (Å²) in [5, 5.41) is 36.4. The zero-order chi connectivity index (χ0) is 39.5. The fraction of sp³-hybridized carbons (Fsp3) is 0.318. The third-order valence-electron chi connectivity index (χ3n) is 9.44. The summed E-state index contributed by atoms with van der Waals surface area (Å²) in [6.07, 6.45) is 3.86. The minimum atomic E-state index is 0. The minimum absolute atomic E-state index is 0. The fourth-order valence-corrected chi connectivity index (χ4v) is 6.38. The Labute approximate surface area is 398 Å². The number of anilines is 2. The van der Waals surface area contributed by atoms with Crippen LogP contribution in [0.3, 0.4) is 0 Å². The normalized spacial score (nSPS) is 10.3. The summed E-state index contributed by atoms with van der Waals surface area (Å²) in [6, 6.07) is 40.5. The van der Waals surface area contributed by atoms with Gasteiger partial charge in [-0.2, -0.15) is 0 Å². The number of aromatic nitrogens is 4. The van der Waals surface area contributed by atoms with Crippen LogP contribution in [0.5, 0.6) is 0 Å². The third-order valence-corrected chi connectivity index (χ3v) is 9.44. The van der Waals surface area contributed by atoms with Crippen LogP contribution in [-0.4, -0.2) is 59.0 Å². The van der Waals surface area contributed by atoms with E-state index in [9.17, 15) is 10.2 Å². The predicted octanol–water partition coefficient (Wildman–Crippen LogP) is -3.83. The van der Waals surface area contributed by atoms with E-state index >= 15 is 0 Å². The standard InChI is InChI=1S/2C22H28N5O.4ClH.Zn/c2*1-3-25(4-2)21-12-10-20(11-13-21)23-24-22-14-15-26(16-17-28)27(22)18-19-8-6-5-7-9-19;;;;;/h2*5-15,28H,3-4,16-18H2,1-2H3;4*1H;/q2*+1;;;;;+2/p-4. The maximum Gasteiger partial charge on any atom is 2.00 e. The molecule has 17 heteroatoms. The molecule has 0 aliphatic rings. The average molecular weight is 964 g/mol. The van der Waals surface area contributed by atoms with Crippen molar-refractivity contribution in [3.05, 3.63) is 145 Å². The topological polar surface area (TPSA) is 114 Å². The first-order valence-electron chi connectivity index (χ1n) is 19.5. The molecule has 6 aromatic rings. The first-order valence-corrected chi connectivity index (χ1v) is 19.5. The molecule has 0 radical (unpaired) electrons. The summed E-state index contributed by atoms with van der Waals surface area (Å²) >= 11 is 0. The van der Waals surface area contributed by atoms with Gasteiger partial charge in [0.15, 0.2) is 25.5 Å². The number of hydrogen-bond acceptors (Lipinski definition) is 8. The van der Waals surface area contributed by atoms with Gasteiger partial charge in [-0.3, -0.25) is 0 Å². The fourth-order valence-electron chi connectivity index (χ4n) is 6.38.